The van der Waals surface area contributed by atoms with Crippen molar-refractivity contribution < 1.29 is 27.5 Å². The quantitative estimate of drug-likeness (QED) is 0.418. The number of esters is 1. The summed E-state index contributed by atoms with van der Waals surface area (Å²) in [5, 5.41) is 0.601. The van der Waals surface area contributed by atoms with Crippen LogP contribution in [-0.2, 0) is 10.9 Å². The number of rotatable bonds is 4. The number of nitrogens with one attached hydrogen (secondary N) is 1. The van der Waals surface area contributed by atoms with Crippen molar-refractivity contribution in [3.63, 3.8) is 0 Å². The van der Waals surface area contributed by atoms with Gasteiger partial charge in [0.1, 0.15) is 0 Å². The Hall–Kier alpha value is -4.07. The van der Waals surface area contributed by atoms with Gasteiger partial charge >= 0.3 is 12.1 Å². The van der Waals surface area contributed by atoms with Crippen molar-refractivity contribution in [1.29, 1.82) is 0 Å². The number of benzene rings is 3. The van der Waals surface area contributed by atoms with Crippen LogP contribution < -0.4 is 5.73 Å². The van der Waals surface area contributed by atoms with E-state index in [4.69, 9.17) is 10.5 Å². The normalized spacial score (nSPS) is 11.5. The molecule has 0 saturated carbocycles. The fourth-order valence-corrected chi connectivity index (χ4v) is 3.47. The zero-order chi connectivity index (χ0) is 23.0. The molecule has 3 N–H and O–H groups in total. The zero-order valence-corrected chi connectivity index (χ0v) is 16.8. The minimum atomic E-state index is -4.45. The molecule has 0 spiro atoms. The molecular weight excluding hydrogens is 421 g/mol. The first-order valence-corrected chi connectivity index (χ1v) is 9.50. The lowest BCUT2D eigenvalue weighted by molar-refractivity contribution is -0.137. The SMILES string of the molecule is COC(=O)c1cc(-c2ccc(C(N)=O)cc2)cc(-c2cc3ccc(C(F)(F)F)cc3[nH]2)c1. The van der Waals surface area contributed by atoms with Crippen LogP contribution in [0.1, 0.15) is 26.3 Å². The van der Waals surface area contributed by atoms with E-state index in [1.54, 1.807) is 48.5 Å². The number of ether oxygens (including phenoxy) is 1. The maximum Gasteiger partial charge on any atom is 0.416 e. The Morgan fingerprint density at radius 1 is 0.844 bits per heavy atom. The first-order chi connectivity index (χ1) is 15.2. The highest BCUT2D eigenvalue weighted by molar-refractivity contribution is 5.95. The van der Waals surface area contributed by atoms with Crippen LogP contribution >= 0.6 is 0 Å². The van der Waals surface area contributed by atoms with Crippen LogP contribution in [0.3, 0.4) is 0 Å². The average molecular weight is 438 g/mol. The summed E-state index contributed by atoms with van der Waals surface area (Å²) < 4.78 is 44.0. The molecule has 0 bridgehead atoms. The topological polar surface area (TPSA) is 85.2 Å². The Balaban J connectivity index is 1.83. The summed E-state index contributed by atoms with van der Waals surface area (Å²) in [5.74, 6) is -1.12. The molecule has 0 atom stereocenters. The van der Waals surface area contributed by atoms with Crippen molar-refractivity contribution >= 4 is 22.8 Å². The molecule has 1 aromatic heterocycles. The lowest BCUT2D eigenvalue weighted by Gasteiger charge is -2.09. The molecule has 0 aliphatic rings. The number of hydrogen-bond donors (Lipinski definition) is 2. The van der Waals surface area contributed by atoms with Gasteiger partial charge in [0.05, 0.1) is 18.2 Å². The number of aromatic amines is 1. The third kappa shape index (κ3) is 4.07. The van der Waals surface area contributed by atoms with Crippen LogP contribution in [-0.4, -0.2) is 24.0 Å². The van der Waals surface area contributed by atoms with Gasteiger partial charge in [-0.05, 0) is 65.2 Å². The maximum absolute atomic E-state index is 13.1. The summed E-state index contributed by atoms with van der Waals surface area (Å²) >= 11 is 0. The highest BCUT2D eigenvalue weighted by Crippen LogP contribution is 2.34. The number of aromatic nitrogens is 1. The minimum Gasteiger partial charge on any atom is -0.465 e. The molecule has 0 aliphatic heterocycles. The van der Waals surface area contributed by atoms with Crippen molar-refractivity contribution in [1.82, 2.24) is 4.98 Å². The smallest absolute Gasteiger partial charge is 0.416 e. The number of amides is 1. The number of halogens is 3. The van der Waals surface area contributed by atoms with Crippen LogP contribution in [0.25, 0.3) is 33.3 Å². The van der Waals surface area contributed by atoms with E-state index in [0.717, 1.165) is 17.7 Å². The van der Waals surface area contributed by atoms with Gasteiger partial charge in [0.15, 0.2) is 0 Å². The first kappa shape index (κ1) is 21.2. The van der Waals surface area contributed by atoms with Crippen molar-refractivity contribution in [2.45, 2.75) is 6.18 Å². The average Bonchev–Trinajstić information content (AvgIpc) is 3.21. The van der Waals surface area contributed by atoms with Gasteiger partial charge < -0.3 is 15.5 Å². The molecule has 0 fully saturated rings. The molecule has 4 rings (SSSR count). The number of H-pyrrole nitrogens is 1. The monoisotopic (exact) mass is 438 g/mol. The number of carbonyl (C=O) groups excluding carboxylic acids is 2. The predicted molar refractivity (Wildman–Crippen MR) is 114 cm³/mol. The van der Waals surface area contributed by atoms with Gasteiger partial charge in [0.2, 0.25) is 5.91 Å². The number of primary amides is 1. The molecule has 5 nitrogen and oxygen atoms in total. The summed E-state index contributed by atoms with van der Waals surface area (Å²) in [4.78, 5) is 26.6. The molecule has 1 heterocycles. The second-order valence-electron chi connectivity index (χ2n) is 7.22. The Labute approximate surface area is 180 Å². The summed E-state index contributed by atoms with van der Waals surface area (Å²) in [6, 6.07) is 16.7. The lowest BCUT2D eigenvalue weighted by Crippen LogP contribution is -2.10. The van der Waals surface area contributed by atoms with Crippen molar-refractivity contribution in [3.8, 4) is 22.4 Å². The van der Waals surface area contributed by atoms with E-state index >= 15 is 0 Å². The summed E-state index contributed by atoms with van der Waals surface area (Å²) in [7, 11) is 1.26. The Bertz CT molecular complexity index is 1340. The number of fused-ring (bicyclic) bond motifs is 1. The second-order valence-corrected chi connectivity index (χ2v) is 7.22. The number of alkyl halides is 3. The number of nitrogens with two attached hydrogens (primary N) is 1. The van der Waals surface area contributed by atoms with E-state index < -0.39 is 23.6 Å². The number of carbonyl (C=O) groups is 2. The fourth-order valence-electron chi connectivity index (χ4n) is 3.47. The highest BCUT2D eigenvalue weighted by atomic mass is 19.4. The van der Waals surface area contributed by atoms with Gasteiger partial charge in [0.25, 0.3) is 0 Å². The molecule has 162 valence electrons. The second kappa shape index (κ2) is 7.88. The Morgan fingerprint density at radius 2 is 1.53 bits per heavy atom. The van der Waals surface area contributed by atoms with E-state index in [0.29, 0.717) is 33.3 Å². The maximum atomic E-state index is 13.1. The standard InChI is InChI=1S/C24H17F3N2O3/c1-32-23(31)18-9-16(13-2-4-14(5-3-13)22(28)30)8-17(10-18)20-11-15-6-7-19(24(25,26)27)12-21(15)29-20/h2-12,29H,1H3,(H2,28,30). The molecule has 32 heavy (non-hydrogen) atoms. The van der Waals surface area contributed by atoms with E-state index in [2.05, 4.69) is 4.98 Å². The van der Waals surface area contributed by atoms with Gasteiger partial charge in [-0.1, -0.05) is 18.2 Å². The fraction of sp³-hybridized carbons (Fsp3) is 0.0833. The van der Waals surface area contributed by atoms with Crippen molar-refractivity contribution in [3.05, 3.63) is 83.4 Å². The molecule has 0 radical (unpaired) electrons. The third-order valence-electron chi connectivity index (χ3n) is 5.12. The Morgan fingerprint density at radius 3 is 2.16 bits per heavy atom. The van der Waals surface area contributed by atoms with Gasteiger partial charge in [-0.15, -0.1) is 0 Å². The van der Waals surface area contributed by atoms with Crippen molar-refractivity contribution in [2.24, 2.45) is 5.73 Å². The van der Waals surface area contributed by atoms with Crippen LogP contribution in [0.5, 0.6) is 0 Å². The molecule has 0 aliphatic carbocycles. The molecule has 3 aromatic carbocycles. The van der Waals surface area contributed by atoms with Gasteiger partial charge in [-0.3, -0.25) is 4.79 Å². The number of hydrogen-bond acceptors (Lipinski definition) is 3. The van der Waals surface area contributed by atoms with Gasteiger partial charge in [-0.2, -0.15) is 13.2 Å². The van der Waals surface area contributed by atoms with Crippen LogP contribution in [0.15, 0.2) is 66.7 Å². The molecule has 0 saturated heterocycles. The minimum absolute atomic E-state index is 0.272. The summed E-state index contributed by atoms with van der Waals surface area (Å²) in [6.45, 7) is 0. The molecule has 1 amide bonds. The summed E-state index contributed by atoms with van der Waals surface area (Å²) in [5.41, 5.74) is 7.98. The van der Waals surface area contributed by atoms with Gasteiger partial charge in [-0.25, -0.2) is 4.79 Å². The van der Waals surface area contributed by atoms with Crippen LogP contribution in [0, 0.1) is 0 Å². The molecule has 4 aromatic rings. The third-order valence-corrected chi connectivity index (χ3v) is 5.12. The Kier molecular flexibility index (Phi) is 5.22. The van der Waals surface area contributed by atoms with E-state index in [1.807, 2.05) is 0 Å². The molecule has 0 unspecified atom stereocenters. The van der Waals surface area contributed by atoms with E-state index in [9.17, 15) is 22.8 Å². The van der Waals surface area contributed by atoms with E-state index in [-0.39, 0.29) is 5.56 Å². The van der Waals surface area contributed by atoms with Gasteiger partial charge in [0, 0.05) is 22.2 Å². The number of methoxy groups -OCH3 is 1. The molecular formula is C24H17F3N2O3. The molecule has 8 heteroatoms. The highest BCUT2D eigenvalue weighted by Gasteiger charge is 2.30. The van der Waals surface area contributed by atoms with Crippen LogP contribution in [0.4, 0.5) is 13.2 Å². The largest absolute Gasteiger partial charge is 0.465 e. The lowest BCUT2D eigenvalue weighted by atomic mass is 9.97. The van der Waals surface area contributed by atoms with Crippen LogP contribution in [0.2, 0.25) is 0 Å². The predicted octanol–water partition coefficient (Wildman–Crippen LogP) is 5.41. The van der Waals surface area contributed by atoms with Crippen molar-refractivity contribution in [2.75, 3.05) is 7.11 Å². The zero-order valence-electron chi connectivity index (χ0n) is 16.8. The first-order valence-electron chi connectivity index (χ1n) is 9.50. The summed E-state index contributed by atoms with van der Waals surface area (Å²) in [6.07, 6.45) is -4.45. The van der Waals surface area contributed by atoms with E-state index in [1.165, 1.54) is 13.2 Å².